The van der Waals surface area contributed by atoms with E-state index in [0.29, 0.717) is 11.2 Å². The second-order valence-corrected chi connectivity index (χ2v) is 8.57. The van der Waals surface area contributed by atoms with Gasteiger partial charge in [0.1, 0.15) is 0 Å². The smallest absolute Gasteiger partial charge is 0.165 e. The molecule has 1 aromatic rings. The zero-order valence-electron chi connectivity index (χ0n) is 15.5. The first-order valence-electron chi connectivity index (χ1n) is 9.93. The summed E-state index contributed by atoms with van der Waals surface area (Å²) in [5.41, 5.74) is 1.64. The van der Waals surface area contributed by atoms with Crippen molar-refractivity contribution < 1.29 is 9.13 Å². The van der Waals surface area contributed by atoms with E-state index in [4.69, 9.17) is 4.74 Å². The highest BCUT2D eigenvalue weighted by Crippen LogP contribution is 2.40. The van der Waals surface area contributed by atoms with E-state index in [2.05, 4.69) is 9.80 Å². The fourth-order valence-electron chi connectivity index (χ4n) is 5.06. The van der Waals surface area contributed by atoms with E-state index in [1.165, 1.54) is 77.9 Å². The largest absolute Gasteiger partial charge is 0.494 e. The Bertz CT molecular complexity index is 604. The Morgan fingerprint density at radius 1 is 1.12 bits per heavy atom. The molecule has 1 aromatic carbocycles. The van der Waals surface area contributed by atoms with E-state index in [0.717, 1.165) is 24.6 Å². The van der Waals surface area contributed by atoms with Crippen LogP contribution < -0.4 is 4.74 Å². The summed E-state index contributed by atoms with van der Waals surface area (Å²) in [7, 11) is 1.53. The lowest BCUT2D eigenvalue weighted by molar-refractivity contribution is 0.0668. The molecular formula is C21H31FN2O. The summed E-state index contributed by atoms with van der Waals surface area (Å²) in [4.78, 5) is 5.30. The standard InChI is InChI=1S/C21H31FN2O/c1-25-20-12-18(6-7-19(20)22)14-24-11-9-21(16-24)8-3-10-23(15-21)13-17-4-2-5-17/h6-7,12,17H,2-5,8-11,13-16H2,1H3/t21-/m0/s1. The Labute approximate surface area is 151 Å². The van der Waals surface area contributed by atoms with E-state index in [9.17, 15) is 4.39 Å². The summed E-state index contributed by atoms with van der Waals surface area (Å²) in [6.07, 6.45) is 8.37. The minimum Gasteiger partial charge on any atom is -0.494 e. The molecule has 1 atom stereocenters. The molecule has 25 heavy (non-hydrogen) atoms. The van der Waals surface area contributed by atoms with Gasteiger partial charge < -0.3 is 9.64 Å². The Hall–Kier alpha value is -1.13. The van der Waals surface area contributed by atoms with Crippen LogP contribution in [0, 0.1) is 17.2 Å². The molecule has 3 nitrogen and oxygen atoms in total. The average Bonchev–Trinajstić information content (AvgIpc) is 2.95. The highest BCUT2D eigenvalue weighted by atomic mass is 19.1. The Morgan fingerprint density at radius 3 is 2.72 bits per heavy atom. The Balaban J connectivity index is 1.35. The predicted octanol–water partition coefficient (Wildman–Crippen LogP) is 3.92. The topological polar surface area (TPSA) is 15.7 Å². The van der Waals surface area contributed by atoms with Gasteiger partial charge >= 0.3 is 0 Å². The number of halogens is 1. The molecule has 2 saturated heterocycles. The lowest BCUT2D eigenvalue weighted by Crippen LogP contribution is -2.47. The van der Waals surface area contributed by atoms with Gasteiger partial charge in [0.05, 0.1) is 7.11 Å². The maximum atomic E-state index is 13.6. The van der Waals surface area contributed by atoms with Crippen molar-refractivity contribution in [2.75, 3.05) is 39.8 Å². The predicted molar refractivity (Wildman–Crippen MR) is 98.3 cm³/mol. The molecule has 0 unspecified atom stereocenters. The lowest BCUT2D eigenvalue weighted by atomic mass is 9.78. The SMILES string of the molecule is COc1cc(CN2CC[C@]3(CCCN(CC4CCC4)C3)C2)ccc1F. The van der Waals surface area contributed by atoms with E-state index >= 15 is 0 Å². The van der Waals surface area contributed by atoms with Crippen molar-refractivity contribution in [1.82, 2.24) is 9.80 Å². The molecule has 1 saturated carbocycles. The number of nitrogens with zero attached hydrogens (tertiary/aromatic N) is 2. The van der Waals surface area contributed by atoms with Crippen molar-refractivity contribution in [1.29, 1.82) is 0 Å². The number of ether oxygens (including phenoxy) is 1. The average molecular weight is 346 g/mol. The number of hydrogen-bond acceptors (Lipinski definition) is 3. The van der Waals surface area contributed by atoms with Crippen LogP contribution in [0.2, 0.25) is 0 Å². The van der Waals surface area contributed by atoms with Crippen LogP contribution in [-0.2, 0) is 6.54 Å². The molecule has 0 aromatic heterocycles. The zero-order valence-corrected chi connectivity index (χ0v) is 15.5. The molecule has 3 fully saturated rings. The van der Waals surface area contributed by atoms with Crippen molar-refractivity contribution in [3.8, 4) is 5.75 Å². The van der Waals surface area contributed by atoms with Gasteiger partial charge in [-0.3, -0.25) is 4.90 Å². The molecule has 3 aliphatic rings. The number of piperidine rings is 1. The highest BCUT2D eigenvalue weighted by Gasteiger charge is 2.41. The fourth-order valence-corrected chi connectivity index (χ4v) is 5.06. The number of methoxy groups -OCH3 is 1. The summed E-state index contributed by atoms with van der Waals surface area (Å²) in [5, 5.41) is 0. The van der Waals surface area contributed by atoms with Gasteiger partial charge in [-0.25, -0.2) is 4.39 Å². The van der Waals surface area contributed by atoms with Gasteiger partial charge in [-0.1, -0.05) is 12.5 Å². The monoisotopic (exact) mass is 346 g/mol. The third-order valence-corrected chi connectivity index (χ3v) is 6.62. The maximum absolute atomic E-state index is 13.6. The number of benzene rings is 1. The Morgan fingerprint density at radius 2 is 1.96 bits per heavy atom. The summed E-state index contributed by atoms with van der Waals surface area (Å²) in [6.45, 7) is 7.17. The molecule has 1 spiro atoms. The van der Waals surface area contributed by atoms with Crippen LogP contribution in [0.4, 0.5) is 4.39 Å². The zero-order chi connectivity index (χ0) is 17.3. The molecule has 0 N–H and O–H groups in total. The van der Waals surface area contributed by atoms with E-state index in [1.54, 1.807) is 0 Å². The summed E-state index contributed by atoms with van der Waals surface area (Å²) < 4.78 is 18.7. The molecule has 0 bridgehead atoms. The lowest BCUT2D eigenvalue weighted by Gasteiger charge is -2.43. The third-order valence-electron chi connectivity index (χ3n) is 6.62. The van der Waals surface area contributed by atoms with Gasteiger partial charge in [-0.15, -0.1) is 0 Å². The molecule has 0 radical (unpaired) electrons. The molecule has 2 heterocycles. The Kier molecular flexibility index (Phi) is 5.01. The van der Waals surface area contributed by atoms with E-state index in [-0.39, 0.29) is 5.82 Å². The van der Waals surface area contributed by atoms with Gasteiger partial charge in [-0.05, 0) is 74.2 Å². The van der Waals surface area contributed by atoms with Crippen LogP contribution >= 0.6 is 0 Å². The van der Waals surface area contributed by atoms with Crippen molar-refractivity contribution in [2.24, 2.45) is 11.3 Å². The molecular weight excluding hydrogens is 315 g/mol. The second-order valence-electron chi connectivity index (χ2n) is 8.57. The highest BCUT2D eigenvalue weighted by molar-refractivity contribution is 5.30. The van der Waals surface area contributed by atoms with Crippen LogP contribution in [0.25, 0.3) is 0 Å². The minimum absolute atomic E-state index is 0.275. The van der Waals surface area contributed by atoms with Crippen LogP contribution in [0.3, 0.4) is 0 Å². The van der Waals surface area contributed by atoms with Gasteiger partial charge in [0.2, 0.25) is 0 Å². The third kappa shape index (κ3) is 3.85. The van der Waals surface area contributed by atoms with E-state index in [1.807, 2.05) is 12.1 Å². The molecule has 4 heteroatoms. The van der Waals surface area contributed by atoms with Crippen molar-refractivity contribution in [3.05, 3.63) is 29.6 Å². The van der Waals surface area contributed by atoms with Crippen molar-refractivity contribution >= 4 is 0 Å². The number of hydrogen-bond donors (Lipinski definition) is 0. The van der Waals surface area contributed by atoms with Gasteiger partial charge in [0, 0.05) is 26.2 Å². The van der Waals surface area contributed by atoms with Crippen LogP contribution in [-0.4, -0.2) is 49.6 Å². The van der Waals surface area contributed by atoms with Gasteiger partial charge in [-0.2, -0.15) is 0 Å². The molecule has 138 valence electrons. The summed E-state index contributed by atoms with van der Waals surface area (Å²) >= 11 is 0. The van der Waals surface area contributed by atoms with Crippen LogP contribution in [0.15, 0.2) is 18.2 Å². The first kappa shape index (κ1) is 17.3. The number of likely N-dealkylation sites (tertiary alicyclic amines) is 2. The number of rotatable bonds is 5. The quantitative estimate of drug-likeness (QED) is 0.804. The maximum Gasteiger partial charge on any atom is 0.165 e. The van der Waals surface area contributed by atoms with Crippen molar-refractivity contribution in [3.63, 3.8) is 0 Å². The van der Waals surface area contributed by atoms with Gasteiger partial charge in [0.15, 0.2) is 11.6 Å². The van der Waals surface area contributed by atoms with Crippen LogP contribution in [0.1, 0.15) is 44.1 Å². The fraction of sp³-hybridized carbons (Fsp3) is 0.714. The molecule has 2 aliphatic heterocycles. The molecule has 0 amide bonds. The normalized spacial score (nSPS) is 28.4. The molecule has 1 aliphatic carbocycles. The molecule has 4 rings (SSSR count). The summed E-state index contributed by atoms with van der Waals surface area (Å²) in [5.74, 6) is 1.05. The minimum atomic E-state index is -0.275. The second kappa shape index (κ2) is 7.24. The van der Waals surface area contributed by atoms with Crippen molar-refractivity contribution in [2.45, 2.75) is 45.1 Å². The van der Waals surface area contributed by atoms with Crippen LogP contribution in [0.5, 0.6) is 5.75 Å². The van der Waals surface area contributed by atoms with Gasteiger partial charge in [0.25, 0.3) is 0 Å². The summed E-state index contributed by atoms with van der Waals surface area (Å²) in [6, 6.07) is 5.28. The first-order chi connectivity index (χ1) is 12.2. The van der Waals surface area contributed by atoms with E-state index < -0.39 is 0 Å². The first-order valence-corrected chi connectivity index (χ1v) is 9.93.